The van der Waals surface area contributed by atoms with E-state index in [-0.39, 0.29) is 11.4 Å². The molecule has 1 aromatic heterocycles. The highest BCUT2D eigenvalue weighted by atomic mass is 32.1. The number of ether oxygens (including phenoxy) is 1. The Kier molecular flexibility index (Phi) is 4.11. The molecule has 1 aliphatic rings. The van der Waals surface area contributed by atoms with E-state index in [9.17, 15) is 14.9 Å². The number of cyclic esters (lactones) is 1. The number of nitrogens with zero attached hydrogens (tertiary/aromatic N) is 2. The van der Waals surface area contributed by atoms with Crippen LogP contribution in [0.3, 0.4) is 0 Å². The van der Waals surface area contributed by atoms with Crippen molar-refractivity contribution in [3.05, 3.63) is 80.2 Å². The van der Waals surface area contributed by atoms with Gasteiger partial charge in [0, 0.05) is 12.1 Å². The Hall–Kier alpha value is -3.06. The van der Waals surface area contributed by atoms with Gasteiger partial charge in [-0.3, -0.25) is 10.1 Å². The van der Waals surface area contributed by atoms with Crippen LogP contribution in [0.2, 0.25) is 0 Å². The third kappa shape index (κ3) is 3.41. The Morgan fingerprint density at radius 3 is 2.65 bits per heavy atom. The van der Waals surface area contributed by atoms with Crippen molar-refractivity contribution in [1.82, 2.24) is 0 Å². The SMILES string of the molecule is O=C1OC(c2cccs2)=N/C1=C\C=C\c1ccc([N+](=O)[O-])cc1. The fourth-order valence-corrected chi connectivity index (χ4v) is 2.54. The largest absolute Gasteiger partial charge is 0.401 e. The second kappa shape index (κ2) is 6.37. The summed E-state index contributed by atoms with van der Waals surface area (Å²) in [5.74, 6) is -0.193. The van der Waals surface area contributed by atoms with E-state index in [2.05, 4.69) is 4.99 Å². The lowest BCUT2D eigenvalue weighted by atomic mass is 10.2. The molecule has 0 fully saturated rings. The van der Waals surface area contributed by atoms with Gasteiger partial charge in [-0.1, -0.05) is 18.2 Å². The zero-order chi connectivity index (χ0) is 16.2. The number of non-ortho nitro benzene ring substituents is 1. The molecule has 0 unspecified atom stereocenters. The number of hydrogen-bond donors (Lipinski definition) is 0. The number of carbonyl (C=O) groups is 1. The first-order chi connectivity index (χ1) is 11.1. The molecule has 7 heteroatoms. The van der Waals surface area contributed by atoms with Crippen LogP contribution < -0.4 is 0 Å². The van der Waals surface area contributed by atoms with E-state index >= 15 is 0 Å². The van der Waals surface area contributed by atoms with Crippen molar-refractivity contribution < 1.29 is 14.5 Å². The maximum absolute atomic E-state index is 11.7. The van der Waals surface area contributed by atoms with E-state index < -0.39 is 10.9 Å². The number of benzene rings is 1. The summed E-state index contributed by atoms with van der Waals surface area (Å²) in [7, 11) is 0. The van der Waals surface area contributed by atoms with Gasteiger partial charge in [0.25, 0.3) is 5.69 Å². The lowest BCUT2D eigenvalue weighted by molar-refractivity contribution is -0.384. The third-order valence-corrected chi connectivity index (χ3v) is 3.86. The second-order valence-electron chi connectivity index (χ2n) is 4.54. The monoisotopic (exact) mass is 326 g/mol. The smallest absolute Gasteiger partial charge is 0.363 e. The highest BCUT2D eigenvalue weighted by Gasteiger charge is 2.23. The molecule has 6 nitrogen and oxygen atoms in total. The molecule has 0 bridgehead atoms. The zero-order valence-corrected chi connectivity index (χ0v) is 12.5. The Labute approximate surface area is 135 Å². The molecule has 0 saturated carbocycles. The summed E-state index contributed by atoms with van der Waals surface area (Å²) in [4.78, 5) is 26.8. The number of allylic oxidation sites excluding steroid dienone is 2. The van der Waals surface area contributed by atoms with Crippen molar-refractivity contribution in [2.45, 2.75) is 0 Å². The number of thiophene rings is 1. The van der Waals surface area contributed by atoms with E-state index in [1.54, 1.807) is 30.4 Å². The van der Waals surface area contributed by atoms with Crippen LogP contribution in [0, 0.1) is 10.1 Å². The normalized spacial score (nSPS) is 15.9. The van der Waals surface area contributed by atoms with Crippen LogP contribution in [-0.2, 0) is 9.53 Å². The maximum Gasteiger partial charge on any atom is 0.363 e. The van der Waals surface area contributed by atoms with Gasteiger partial charge in [-0.05, 0) is 35.2 Å². The minimum Gasteiger partial charge on any atom is -0.401 e. The topological polar surface area (TPSA) is 81.8 Å². The van der Waals surface area contributed by atoms with Crippen LogP contribution in [0.1, 0.15) is 10.4 Å². The van der Waals surface area contributed by atoms with Crippen LogP contribution in [0.5, 0.6) is 0 Å². The van der Waals surface area contributed by atoms with Crippen LogP contribution in [0.4, 0.5) is 5.69 Å². The summed E-state index contributed by atoms with van der Waals surface area (Å²) in [6.45, 7) is 0. The molecule has 1 aromatic carbocycles. The Morgan fingerprint density at radius 1 is 1.22 bits per heavy atom. The molecule has 23 heavy (non-hydrogen) atoms. The maximum atomic E-state index is 11.7. The van der Waals surface area contributed by atoms with E-state index in [0.29, 0.717) is 5.90 Å². The molecule has 3 rings (SSSR count). The molecule has 0 N–H and O–H groups in total. The van der Waals surface area contributed by atoms with E-state index in [1.165, 1.54) is 23.5 Å². The average molecular weight is 326 g/mol. The molecule has 1 aliphatic heterocycles. The van der Waals surface area contributed by atoms with Crippen LogP contribution in [0.15, 0.2) is 64.6 Å². The van der Waals surface area contributed by atoms with Crippen molar-refractivity contribution in [2.24, 2.45) is 4.99 Å². The number of nitro benzene ring substituents is 1. The fraction of sp³-hybridized carbons (Fsp3) is 0. The average Bonchev–Trinajstić information content (AvgIpc) is 3.18. The molecule has 2 heterocycles. The van der Waals surface area contributed by atoms with Gasteiger partial charge in [-0.15, -0.1) is 11.3 Å². The number of rotatable bonds is 4. The van der Waals surface area contributed by atoms with Gasteiger partial charge in [-0.25, -0.2) is 9.79 Å². The van der Waals surface area contributed by atoms with Crippen LogP contribution in [0.25, 0.3) is 6.08 Å². The highest BCUT2D eigenvalue weighted by molar-refractivity contribution is 7.12. The summed E-state index contributed by atoms with van der Waals surface area (Å²) in [6.07, 6.45) is 4.92. The van der Waals surface area contributed by atoms with Crippen molar-refractivity contribution in [3.8, 4) is 0 Å². The number of hydrogen-bond acceptors (Lipinski definition) is 6. The molecule has 0 amide bonds. The first kappa shape index (κ1) is 14.9. The fourth-order valence-electron chi connectivity index (χ4n) is 1.89. The molecular weight excluding hydrogens is 316 g/mol. The van der Waals surface area contributed by atoms with Crippen molar-refractivity contribution in [3.63, 3.8) is 0 Å². The van der Waals surface area contributed by atoms with Gasteiger partial charge in [0.15, 0.2) is 5.70 Å². The summed E-state index contributed by atoms with van der Waals surface area (Å²) >= 11 is 1.44. The van der Waals surface area contributed by atoms with Gasteiger partial charge in [-0.2, -0.15) is 0 Å². The molecular formula is C16H10N2O4S. The predicted molar refractivity (Wildman–Crippen MR) is 87.2 cm³/mol. The molecule has 114 valence electrons. The summed E-state index contributed by atoms with van der Waals surface area (Å²) < 4.78 is 5.11. The lowest BCUT2D eigenvalue weighted by Crippen LogP contribution is -2.03. The summed E-state index contributed by atoms with van der Waals surface area (Å²) in [5, 5.41) is 12.5. The minimum absolute atomic E-state index is 0.0325. The van der Waals surface area contributed by atoms with Gasteiger partial charge in [0.05, 0.1) is 9.80 Å². The number of esters is 1. The van der Waals surface area contributed by atoms with Gasteiger partial charge in [0.1, 0.15) is 0 Å². The quantitative estimate of drug-likeness (QED) is 0.372. The van der Waals surface area contributed by atoms with Gasteiger partial charge in [0.2, 0.25) is 5.90 Å². The van der Waals surface area contributed by atoms with E-state index in [4.69, 9.17) is 4.74 Å². The molecule has 0 atom stereocenters. The molecule has 0 aliphatic carbocycles. The Bertz CT molecular complexity index is 833. The van der Waals surface area contributed by atoms with Crippen molar-refractivity contribution >= 4 is 35.0 Å². The minimum atomic E-state index is -0.498. The van der Waals surface area contributed by atoms with E-state index in [0.717, 1.165) is 10.4 Å². The zero-order valence-electron chi connectivity index (χ0n) is 11.7. The van der Waals surface area contributed by atoms with Crippen molar-refractivity contribution in [2.75, 3.05) is 0 Å². The first-order valence-electron chi connectivity index (χ1n) is 6.61. The molecule has 0 radical (unpaired) electrons. The highest BCUT2D eigenvalue weighted by Crippen LogP contribution is 2.20. The molecule has 0 spiro atoms. The predicted octanol–water partition coefficient (Wildman–Crippen LogP) is 3.56. The first-order valence-corrected chi connectivity index (χ1v) is 7.49. The van der Waals surface area contributed by atoms with Crippen molar-refractivity contribution in [1.29, 1.82) is 0 Å². The third-order valence-electron chi connectivity index (χ3n) is 3.00. The molecule has 0 saturated heterocycles. The second-order valence-corrected chi connectivity index (χ2v) is 5.49. The van der Waals surface area contributed by atoms with E-state index in [1.807, 2.05) is 17.5 Å². The molecule has 2 aromatic rings. The Morgan fingerprint density at radius 2 is 2.00 bits per heavy atom. The number of aliphatic imine (C=N–C) groups is 1. The number of carbonyl (C=O) groups excluding carboxylic acids is 1. The standard InChI is InChI=1S/C16H10N2O4S/c19-16-13(17-15(22-16)14-5-2-10-23-14)4-1-3-11-6-8-12(9-7-11)18(20)21/h1-10H/b3-1+,13-4-. The van der Waals surface area contributed by atoms with Gasteiger partial charge < -0.3 is 4.74 Å². The van der Waals surface area contributed by atoms with Gasteiger partial charge >= 0.3 is 5.97 Å². The summed E-state index contributed by atoms with van der Waals surface area (Å²) in [5.41, 5.74) is 1.03. The number of nitro groups is 1. The Balaban J connectivity index is 1.74. The lowest BCUT2D eigenvalue weighted by Gasteiger charge is -1.93. The van der Waals surface area contributed by atoms with Crippen LogP contribution in [-0.4, -0.2) is 16.8 Å². The van der Waals surface area contributed by atoms with Crippen LogP contribution >= 0.6 is 11.3 Å². The summed E-state index contributed by atoms with van der Waals surface area (Å²) in [6, 6.07) is 9.77.